The molecule has 3 N–H and O–H groups in total. The Bertz CT molecular complexity index is 749. The zero-order valence-electron chi connectivity index (χ0n) is 14.1. The van der Waals surface area contributed by atoms with Gasteiger partial charge in [0.1, 0.15) is 0 Å². The fourth-order valence-corrected chi connectivity index (χ4v) is 2.49. The predicted octanol–water partition coefficient (Wildman–Crippen LogP) is 3.00. The molecular weight excluding hydrogens is 322 g/mol. The Balaban J connectivity index is 2.05. The van der Waals surface area contributed by atoms with Crippen LogP contribution < -0.4 is 10.6 Å². The first-order valence-corrected chi connectivity index (χ1v) is 7.90. The summed E-state index contributed by atoms with van der Waals surface area (Å²) in [5, 5.41) is 26.0. The van der Waals surface area contributed by atoms with Crippen LogP contribution in [0.5, 0.6) is 0 Å². The largest absolute Gasteiger partial charge is 0.394 e. The molecule has 0 radical (unpaired) electrons. The summed E-state index contributed by atoms with van der Waals surface area (Å²) in [6.45, 7) is 3.17. The van der Waals surface area contributed by atoms with Gasteiger partial charge in [-0.2, -0.15) is 0 Å². The first-order valence-electron chi connectivity index (χ1n) is 7.90. The lowest BCUT2D eigenvalue weighted by atomic mass is 10.0. The Morgan fingerprint density at radius 3 is 2.44 bits per heavy atom. The number of urea groups is 1. The number of aliphatic hydroxyl groups is 1. The minimum Gasteiger partial charge on any atom is -0.394 e. The molecule has 25 heavy (non-hydrogen) atoms. The van der Waals surface area contributed by atoms with E-state index in [0.29, 0.717) is 11.1 Å². The van der Waals surface area contributed by atoms with Crippen molar-refractivity contribution in [3.63, 3.8) is 0 Å². The Hall–Kier alpha value is -2.93. The quantitative estimate of drug-likeness (QED) is 0.554. The average Bonchev–Trinajstić information content (AvgIpc) is 2.60. The summed E-state index contributed by atoms with van der Waals surface area (Å²) < 4.78 is 0. The smallest absolute Gasteiger partial charge is 0.315 e. The van der Waals surface area contributed by atoms with E-state index in [2.05, 4.69) is 10.6 Å². The normalized spacial score (nSPS) is 12.9. The van der Waals surface area contributed by atoms with Crippen molar-refractivity contribution < 1.29 is 14.8 Å². The van der Waals surface area contributed by atoms with Crippen LogP contribution in [0.25, 0.3) is 0 Å². The molecule has 0 bridgehead atoms. The van der Waals surface area contributed by atoms with Gasteiger partial charge in [0.05, 0.1) is 23.6 Å². The number of nitrogens with one attached hydrogen (secondary N) is 2. The molecule has 0 saturated heterocycles. The summed E-state index contributed by atoms with van der Waals surface area (Å²) >= 11 is 0. The molecule has 0 saturated carbocycles. The number of carbonyl (C=O) groups is 1. The fourth-order valence-electron chi connectivity index (χ4n) is 2.49. The van der Waals surface area contributed by atoms with Gasteiger partial charge >= 0.3 is 6.03 Å². The van der Waals surface area contributed by atoms with Crippen LogP contribution in [0.4, 0.5) is 10.5 Å². The molecular formula is C18H21N3O4. The van der Waals surface area contributed by atoms with Crippen LogP contribution in [-0.2, 0) is 0 Å². The average molecular weight is 343 g/mol. The third-order valence-corrected chi connectivity index (χ3v) is 3.97. The van der Waals surface area contributed by atoms with E-state index in [0.717, 1.165) is 5.56 Å². The molecule has 2 aromatic carbocycles. The first-order chi connectivity index (χ1) is 11.9. The predicted molar refractivity (Wildman–Crippen MR) is 94.2 cm³/mol. The number of benzene rings is 2. The number of rotatable bonds is 6. The molecule has 0 heterocycles. The summed E-state index contributed by atoms with van der Waals surface area (Å²) in [6, 6.07) is 12.6. The van der Waals surface area contributed by atoms with E-state index in [1.807, 2.05) is 30.3 Å². The molecule has 2 atom stereocenters. The summed E-state index contributed by atoms with van der Waals surface area (Å²) in [5.74, 6) is 0. The minimum absolute atomic E-state index is 0.0177. The van der Waals surface area contributed by atoms with Crippen LogP contribution in [0.2, 0.25) is 0 Å². The zero-order valence-corrected chi connectivity index (χ0v) is 14.1. The second kappa shape index (κ2) is 8.25. The number of hydrogen-bond donors (Lipinski definition) is 3. The zero-order chi connectivity index (χ0) is 18.4. The highest BCUT2D eigenvalue weighted by atomic mass is 16.6. The number of nitrogens with zero attached hydrogens (tertiary/aromatic N) is 1. The Kier molecular flexibility index (Phi) is 6.08. The highest BCUT2D eigenvalue weighted by Crippen LogP contribution is 2.23. The van der Waals surface area contributed by atoms with E-state index in [1.165, 1.54) is 6.07 Å². The van der Waals surface area contributed by atoms with Crippen molar-refractivity contribution in [2.45, 2.75) is 25.9 Å². The Morgan fingerprint density at radius 2 is 1.84 bits per heavy atom. The van der Waals surface area contributed by atoms with E-state index in [-0.39, 0.29) is 12.3 Å². The van der Waals surface area contributed by atoms with Crippen molar-refractivity contribution in [2.75, 3.05) is 6.61 Å². The van der Waals surface area contributed by atoms with Crippen molar-refractivity contribution in [3.8, 4) is 0 Å². The van der Waals surface area contributed by atoms with Crippen LogP contribution >= 0.6 is 0 Å². The molecule has 0 aliphatic rings. The lowest BCUT2D eigenvalue weighted by Crippen LogP contribution is -2.40. The molecule has 2 aromatic rings. The van der Waals surface area contributed by atoms with Crippen LogP contribution in [0, 0.1) is 17.0 Å². The second-order valence-corrected chi connectivity index (χ2v) is 5.79. The third-order valence-electron chi connectivity index (χ3n) is 3.97. The van der Waals surface area contributed by atoms with Crippen LogP contribution in [0.3, 0.4) is 0 Å². The van der Waals surface area contributed by atoms with Gasteiger partial charge in [0, 0.05) is 11.6 Å². The fraction of sp³-hybridized carbons (Fsp3) is 0.278. The minimum atomic E-state index is -0.527. The maximum Gasteiger partial charge on any atom is 0.315 e. The van der Waals surface area contributed by atoms with Gasteiger partial charge in [0.25, 0.3) is 5.69 Å². The summed E-state index contributed by atoms with van der Waals surface area (Å²) in [6.07, 6.45) is 0. The lowest BCUT2D eigenvalue weighted by molar-refractivity contribution is -0.385. The number of nitro benzene ring substituents is 1. The molecule has 0 aromatic heterocycles. The van der Waals surface area contributed by atoms with E-state index in [1.54, 1.807) is 26.0 Å². The molecule has 7 nitrogen and oxygen atoms in total. The van der Waals surface area contributed by atoms with Gasteiger partial charge in [-0.1, -0.05) is 42.5 Å². The number of hydrogen-bond acceptors (Lipinski definition) is 4. The third kappa shape index (κ3) is 4.77. The van der Waals surface area contributed by atoms with Crippen LogP contribution in [0.1, 0.15) is 35.7 Å². The number of amides is 2. The van der Waals surface area contributed by atoms with E-state index in [4.69, 9.17) is 0 Å². The monoisotopic (exact) mass is 343 g/mol. The summed E-state index contributed by atoms with van der Waals surface area (Å²) in [5.41, 5.74) is 2.00. The van der Waals surface area contributed by atoms with Gasteiger partial charge in [-0.15, -0.1) is 0 Å². The second-order valence-electron chi connectivity index (χ2n) is 5.79. The van der Waals surface area contributed by atoms with Gasteiger partial charge in [0.2, 0.25) is 0 Å². The Labute approximate surface area is 145 Å². The molecule has 0 unspecified atom stereocenters. The molecule has 0 spiro atoms. The van der Waals surface area contributed by atoms with Crippen LogP contribution in [0.15, 0.2) is 48.5 Å². The van der Waals surface area contributed by atoms with Crippen LogP contribution in [-0.4, -0.2) is 22.7 Å². The highest BCUT2D eigenvalue weighted by molar-refractivity contribution is 5.75. The van der Waals surface area contributed by atoms with Crippen molar-refractivity contribution >= 4 is 11.7 Å². The van der Waals surface area contributed by atoms with Gasteiger partial charge < -0.3 is 15.7 Å². The van der Waals surface area contributed by atoms with E-state index in [9.17, 15) is 20.0 Å². The lowest BCUT2D eigenvalue weighted by Gasteiger charge is -2.20. The van der Waals surface area contributed by atoms with Gasteiger partial charge in [0.15, 0.2) is 0 Å². The molecule has 2 rings (SSSR count). The molecule has 0 fully saturated rings. The molecule has 2 amide bonds. The molecule has 0 aliphatic heterocycles. The number of carbonyl (C=O) groups excluding carboxylic acids is 1. The van der Waals surface area contributed by atoms with Crippen molar-refractivity contribution in [3.05, 3.63) is 75.3 Å². The SMILES string of the molecule is Cc1ccc([C@H](C)NC(=O)N[C@@H](CO)c2ccccc2)cc1[N+](=O)[O-]. The first kappa shape index (κ1) is 18.4. The van der Waals surface area contributed by atoms with Crippen molar-refractivity contribution in [2.24, 2.45) is 0 Å². The van der Waals surface area contributed by atoms with Gasteiger partial charge in [-0.25, -0.2) is 4.79 Å². The molecule has 132 valence electrons. The maximum absolute atomic E-state index is 12.2. The van der Waals surface area contributed by atoms with E-state index < -0.39 is 23.0 Å². The molecule has 0 aliphatic carbocycles. The topological polar surface area (TPSA) is 104 Å². The number of aliphatic hydroxyl groups excluding tert-OH is 1. The summed E-state index contributed by atoms with van der Waals surface area (Å²) in [4.78, 5) is 22.8. The van der Waals surface area contributed by atoms with E-state index >= 15 is 0 Å². The maximum atomic E-state index is 12.2. The van der Waals surface area contributed by atoms with Gasteiger partial charge in [-0.3, -0.25) is 10.1 Å². The summed E-state index contributed by atoms with van der Waals surface area (Å²) in [7, 11) is 0. The molecule has 7 heteroatoms. The van der Waals surface area contributed by atoms with Crippen molar-refractivity contribution in [1.82, 2.24) is 10.6 Å². The highest BCUT2D eigenvalue weighted by Gasteiger charge is 2.18. The Morgan fingerprint density at radius 1 is 1.16 bits per heavy atom. The number of nitro groups is 1. The number of aryl methyl sites for hydroxylation is 1. The van der Waals surface area contributed by atoms with Crippen molar-refractivity contribution in [1.29, 1.82) is 0 Å². The standard InChI is InChI=1S/C18H21N3O4/c1-12-8-9-15(10-17(12)21(24)25)13(2)19-18(23)20-16(11-22)14-6-4-3-5-7-14/h3-10,13,16,22H,11H2,1-2H3,(H2,19,20,23)/t13-,16-/m0/s1. The van der Waals surface area contributed by atoms with Gasteiger partial charge in [-0.05, 0) is 25.0 Å².